The summed E-state index contributed by atoms with van der Waals surface area (Å²) in [6.07, 6.45) is 4.04. The molecule has 0 amide bonds. The first-order valence-electron chi connectivity index (χ1n) is 12.0. The molecular weight excluding hydrogens is 521 g/mol. The summed E-state index contributed by atoms with van der Waals surface area (Å²) in [6, 6.07) is 16.4. The van der Waals surface area contributed by atoms with Crippen LogP contribution in [0.25, 0.3) is 33.4 Å². The molecule has 0 aliphatic rings. The van der Waals surface area contributed by atoms with Gasteiger partial charge in [0.15, 0.2) is 11.5 Å². The molecule has 3 N–H and O–H groups in total. The number of benzene rings is 3. The lowest BCUT2D eigenvalue weighted by Gasteiger charge is -2.15. The fraction of sp³-hybridized carbons (Fsp3) is 0.0667. The van der Waals surface area contributed by atoms with Crippen molar-refractivity contribution in [3.8, 4) is 44.9 Å². The van der Waals surface area contributed by atoms with Gasteiger partial charge in [0.2, 0.25) is 5.43 Å². The number of nitrogen functional groups attached to an aromatic ring is 1. The lowest BCUT2D eigenvalue weighted by molar-refractivity contribution is 0.355. The number of nitrogens with zero attached hydrogens (tertiary/aromatic N) is 2. The topological polar surface area (TPSA) is 93.5 Å². The summed E-state index contributed by atoms with van der Waals surface area (Å²) < 4.78 is 53.7. The van der Waals surface area contributed by atoms with Crippen LogP contribution < -0.4 is 25.8 Å². The minimum atomic E-state index is -0.932. The highest BCUT2D eigenvalue weighted by atomic mass is 19.2. The molecule has 0 fully saturated rings. The third-order valence-corrected chi connectivity index (χ3v) is 6.40. The third-order valence-electron chi connectivity index (χ3n) is 6.40. The lowest BCUT2D eigenvalue weighted by Crippen LogP contribution is -2.17. The predicted octanol–water partition coefficient (Wildman–Crippen LogP) is 6.67. The van der Waals surface area contributed by atoms with E-state index in [2.05, 4.69) is 9.97 Å². The number of ether oxygens (including phenoxy) is 2. The molecule has 2 heterocycles. The summed E-state index contributed by atoms with van der Waals surface area (Å²) in [5.41, 5.74) is 7.68. The van der Waals surface area contributed by atoms with E-state index < -0.39 is 17.1 Å². The molecule has 5 rings (SSSR count). The molecule has 0 aliphatic carbocycles. The van der Waals surface area contributed by atoms with Crippen LogP contribution in [0, 0.1) is 11.6 Å². The number of hydrogen-bond donors (Lipinski definition) is 2. The third kappa shape index (κ3) is 4.94. The van der Waals surface area contributed by atoms with E-state index in [1.54, 1.807) is 38.6 Å². The zero-order valence-corrected chi connectivity index (χ0v) is 21.4. The van der Waals surface area contributed by atoms with Gasteiger partial charge in [-0.15, -0.1) is 0 Å². The molecule has 10 heteroatoms. The van der Waals surface area contributed by atoms with E-state index in [1.807, 2.05) is 18.2 Å². The zero-order chi connectivity index (χ0) is 28.4. The second-order valence-electron chi connectivity index (χ2n) is 8.76. The maximum Gasteiger partial charge on any atom is 0.215 e. The molecule has 0 radical (unpaired) electrons. The molecule has 0 atom stereocenters. The molecule has 0 unspecified atom stereocenters. The number of aromatic nitrogens is 2. The molecule has 0 spiro atoms. The van der Waals surface area contributed by atoms with Crippen LogP contribution in [-0.4, -0.2) is 24.2 Å². The Morgan fingerprint density at radius 1 is 0.800 bits per heavy atom. The second kappa shape index (κ2) is 10.9. The molecule has 2 aromatic heterocycles. The van der Waals surface area contributed by atoms with E-state index in [4.69, 9.17) is 15.2 Å². The van der Waals surface area contributed by atoms with Crippen LogP contribution in [0.3, 0.4) is 0 Å². The maximum absolute atomic E-state index is 15.4. The van der Waals surface area contributed by atoms with Crippen LogP contribution in [0.4, 0.5) is 30.5 Å². The number of pyridine rings is 2. The van der Waals surface area contributed by atoms with Crippen molar-refractivity contribution in [2.45, 2.75) is 0 Å². The molecule has 3 aromatic carbocycles. The number of hydrogen-bond acceptors (Lipinski definition) is 6. The van der Waals surface area contributed by atoms with Gasteiger partial charge >= 0.3 is 0 Å². The minimum absolute atomic E-state index is 0.0496. The van der Waals surface area contributed by atoms with E-state index in [1.165, 1.54) is 18.3 Å². The van der Waals surface area contributed by atoms with Gasteiger partial charge in [0.05, 0.1) is 25.5 Å². The van der Waals surface area contributed by atoms with Gasteiger partial charge in [-0.2, -0.15) is 5.12 Å². The number of halogens is 3. The second-order valence-corrected chi connectivity index (χ2v) is 8.76. The van der Waals surface area contributed by atoms with Crippen molar-refractivity contribution in [2.75, 3.05) is 25.1 Å². The highest BCUT2D eigenvalue weighted by molar-refractivity contribution is 5.81. The van der Waals surface area contributed by atoms with E-state index in [0.29, 0.717) is 28.7 Å². The quantitative estimate of drug-likeness (QED) is 0.222. The van der Waals surface area contributed by atoms with Gasteiger partial charge in [-0.3, -0.25) is 4.79 Å². The fourth-order valence-electron chi connectivity index (χ4n) is 4.32. The van der Waals surface area contributed by atoms with E-state index >= 15 is 4.48 Å². The van der Waals surface area contributed by atoms with Crippen LogP contribution in [0.5, 0.6) is 11.5 Å². The number of methoxy groups -OCH3 is 2. The van der Waals surface area contributed by atoms with Crippen LogP contribution in [0.2, 0.25) is 0 Å². The lowest BCUT2D eigenvalue weighted by atomic mass is 10.0. The zero-order valence-electron chi connectivity index (χ0n) is 21.4. The van der Waals surface area contributed by atoms with Gasteiger partial charge in [-0.25, -0.2) is 13.8 Å². The van der Waals surface area contributed by atoms with Crippen molar-refractivity contribution in [3.63, 3.8) is 0 Å². The Labute approximate surface area is 227 Å². The summed E-state index contributed by atoms with van der Waals surface area (Å²) >= 11 is 0. The van der Waals surface area contributed by atoms with E-state index in [-0.39, 0.29) is 33.4 Å². The Hall–Kier alpha value is -5.25. The molecule has 0 aliphatic heterocycles. The highest BCUT2D eigenvalue weighted by Gasteiger charge is 2.18. The minimum Gasteiger partial charge on any atom is -0.493 e. The number of nitrogens with two attached hydrogens (primary N) is 1. The van der Waals surface area contributed by atoms with E-state index in [9.17, 15) is 13.6 Å². The highest BCUT2D eigenvalue weighted by Crippen LogP contribution is 2.36. The first-order chi connectivity index (χ1) is 19.3. The average molecular weight is 545 g/mol. The van der Waals surface area contributed by atoms with Crippen LogP contribution in [0.1, 0.15) is 0 Å². The number of rotatable bonds is 7. The first kappa shape index (κ1) is 26.4. The largest absolute Gasteiger partial charge is 0.493 e. The monoisotopic (exact) mass is 544 g/mol. The Morgan fingerprint density at radius 3 is 2.23 bits per heavy atom. The van der Waals surface area contributed by atoms with Crippen molar-refractivity contribution >= 4 is 17.2 Å². The molecule has 5 aromatic rings. The first-order valence-corrected chi connectivity index (χ1v) is 12.0. The van der Waals surface area contributed by atoms with Crippen molar-refractivity contribution in [2.24, 2.45) is 0 Å². The summed E-state index contributed by atoms with van der Waals surface area (Å²) in [5, 5.41) is 0.190. The number of anilines is 3. The van der Waals surface area contributed by atoms with Gasteiger partial charge in [-0.05, 0) is 53.6 Å². The molecule has 0 saturated heterocycles. The van der Waals surface area contributed by atoms with Gasteiger partial charge in [0.25, 0.3) is 0 Å². The molecule has 0 bridgehead atoms. The van der Waals surface area contributed by atoms with Gasteiger partial charge < -0.3 is 20.2 Å². The van der Waals surface area contributed by atoms with Crippen LogP contribution in [0.15, 0.2) is 90.1 Å². The smallest absolute Gasteiger partial charge is 0.215 e. The Kier molecular flexibility index (Phi) is 7.15. The SMILES string of the molecule is COc1ccc(-c2cnc(N)c(-c3ccc(N(F)c4c[nH]cc(-c5ccc(F)cc5F)c4=O)cc3)c2)cc1OC. The summed E-state index contributed by atoms with van der Waals surface area (Å²) in [4.78, 5) is 20.0. The molecule has 0 saturated carbocycles. The average Bonchev–Trinajstić information content (AvgIpc) is 2.97. The number of nitrogens with one attached hydrogen (secondary N) is 1. The normalized spacial score (nSPS) is 10.8. The van der Waals surface area contributed by atoms with Crippen LogP contribution in [-0.2, 0) is 0 Å². The van der Waals surface area contributed by atoms with Gasteiger partial charge in [0, 0.05) is 41.3 Å². The van der Waals surface area contributed by atoms with Crippen LogP contribution >= 0.6 is 0 Å². The van der Waals surface area contributed by atoms with Crippen molar-refractivity contribution in [1.82, 2.24) is 9.97 Å². The predicted molar refractivity (Wildman–Crippen MR) is 148 cm³/mol. The fourth-order valence-corrected chi connectivity index (χ4v) is 4.32. The summed E-state index contributed by atoms with van der Waals surface area (Å²) in [5.74, 6) is -0.287. The molecule has 40 heavy (non-hydrogen) atoms. The van der Waals surface area contributed by atoms with Gasteiger partial charge in [-0.1, -0.05) is 22.7 Å². The Balaban J connectivity index is 1.46. The Morgan fingerprint density at radius 2 is 1.52 bits per heavy atom. The van der Waals surface area contributed by atoms with Crippen molar-refractivity contribution in [1.29, 1.82) is 0 Å². The summed E-state index contributed by atoms with van der Waals surface area (Å²) in [6.45, 7) is 0. The molecular formula is C30H23F3N4O3. The summed E-state index contributed by atoms with van der Waals surface area (Å²) in [7, 11) is 3.11. The van der Waals surface area contributed by atoms with E-state index in [0.717, 1.165) is 29.5 Å². The van der Waals surface area contributed by atoms with Crippen molar-refractivity contribution < 1.29 is 22.7 Å². The van der Waals surface area contributed by atoms with Crippen molar-refractivity contribution in [3.05, 3.63) is 107 Å². The molecule has 202 valence electrons. The standard InChI is InChI=1S/C30H23F3N4O3/c1-39-27-10-5-18(12-28(27)40-2)19-11-23(30(34)36-14-19)17-3-7-21(8-4-17)37(33)26-16-35-15-24(29(26)38)22-9-6-20(31)13-25(22)32/h3-16H,1-2H3,(H2,34,36)(H,35,38). The molecule has 7 nitrogen and oxygen atoms in total. The van der Waals surface area contributed by atoms with Gasteiger partial charge in [0.1, 0.15) is 23.1 Å². The number of aromatic amines is 1. The number of H-pyrrole nitrogens is 1. The maximum atomic E-state index is 15.4. The Bertz CT molecular complexity index is 1760.